The number of rotatable bonds is 72. The van der Waals surface area contributed by atoms with E-state index in [1.54, 1.807) is 0 Å². The summed E-state index contributed by atoms with van der Waals surface area (Å²) in [6, 6.07) is 0. The molecular formula is C76H148O6. The average Bonchev–Trinajstić information content (AvgIpc) is 3.47. The molecule has 82 heavy (non-hydrogen) atoms. The van der Waals surface area contributed by atoms with E-state index in [9.17, 15) is 14.4 Å². The highest BCUT2D eigenvalue weighted by Crippen LogP contribution is 2.20. The van der Waals surface area contributed by atoms with E-state index in [1.807, 2.05) is 0 Å². The summed E-state index contributed by atoms with van der Waals surface area (Å²) in [5, 5.41) is 0. The number of esters is 3. The Kier molecular flexibility index (Phi) is 70.5. The summed E-state index contributed by atoms with van der Waals surface area (Å²) in [7, 11) is 0. The Bertz CT molecular complexity index is 1240. The Morgan fingerprint density at radius 2 is 0.329 bits per heavy atom. The predicted molar refractivity (Wildman–Crippen MR) is 358 cm³/mol. The third kappa shape index (κ3) is 69.2. The largest absolute Gasteiger partial charge is 0.462 e. The van der Waals surface area contributed by atoms with E-state index in [-0.39, 0.29) is 31.1 Å². The van der Waals surface area contributed by atoms with Gasteiger partial charge in [-0.05, 0) is 19.3 Å². The lowest BCUT2D eigenvalue weighted by Gasteiger charge is -2.18. The molecule has 0 amide bonds. The van der Waals surface area contributed by atoms with Crippen LogP contribution in [0, 0.1) is 0 Å². The number of carbonyl (C=O) groups is 3. The molecule has 6 heteroatoms. The molecule has 0 aliphatic heterocycles. The first-order valence-electron chi connectivity index (χ1n) is 38.0. The monoisotopic (exact) mass is 1160 g/mol. The Labute approximate surface area is 514 Å². The van der Waals surface area contributed by atoms with Crippen LogP contribution in [0.3, 0.4) is 0 Å². The molecule has 0 heterocycles. The molecule has 0 aromatic heterocycles. The molecule has 488 valence electrons. The second-order valence-corrected chi connectivity index (χ2v) is 26.3. The maximum atomic E-state index is 13.0. The number of unbranched alkanes of at least 4 members (excludes halogenated alkanes) is 61. The molecule has 0 rings (SSSR count). The van der Waals surface area contributed by atoms with E-state index < -0.39 is 6.10 Å². The molecule has 0 aromatic carbocycles. The van der Waals surface area contributed by atoms with Gasteiger partial charge in [0.15, 0.2) is 6.10 Å². The first-order chi connectivity index (χ1) is 40.5. The highest BCUT2D eigenvalue weighted by Gasteiger charge is 2.20. The molecule has 0 aliphatic rings. The Morgan fingerprint density at radius 1 is 0.195 bits per heavy atom. The highest BCUT2D eigenvalue weighted by atomic mass is 16.6. The van der Waals surface area contributed by atoms with Crippen molar-refractivity contribution in [1.82, 2.24) is 0 Å². The summed E-state index contributed by atoms with van der Waals surface area (Å²) in [5.41, 5.74) is 0. The second-order valence-electron chi connectivity index (χ2n) is 26.3. The molecule has 1 atom stereocenters. The summed E-state index contributed by atoms with van der Waals surface area (Å²) in [6.45, 7) is 6.75. The van der Waals surface area contributed by atoms with Crippen molar-refractivity contribution in [1.29, 1.82) is 0 Å². The normalized spacial score (nSPS) is 11.9. The van der Waals surface area contributed by atoms with Crippen molar-refractivity contribution in [3.05, 3.63) is 0 Å². The smallest absolute Gasteiger partial charge is 0.306 e. The molecule has 0 aromatic rings. The van der Waals surface area contributed by atoms with Crippen molar-refractivity contribution >= 4 is 17.9 Å². The average molecular weight is 1160 g/mol. The third-order valence-corrected chi connectivity index (χ3v) is 17.9. The van der Waals surface area contributed by atoms with Crippen molar-refractivity contribution in [3.8, 4) is 0 Å². The molecule has 0 saturated heterocycles. The molecule has 6 nitrogen and oxygen atoms in total. The van der Waals surface area contributed by atoms with Gasteiger partial charge in [0.25, 0.3) is 0 Å². The van der Waals surface area contributed by atoms with E-state index in [0.717, 1.165) is 57.8 Å². The Balaban J connectivity index is 4.13. The van der Waals surface area contributed by atoms with Gasteiger partial charge >= 0.3 is 17.9 Å². The topological polar surface area (TPSA) is 78.9 Å². The SMILES string of the molecule is CCCCCCCCCCCCCCCCCCCCCCCCCCCCCCCCC(=O)OCC(COC(=O)CCCCCCCCCCCCCCCC)OC(=O)CCCCCCCCCCCCCCCCCCCCCC. The van der Waals surface area contributed by atoms with Crippen molar-refractivity contribution in [2.24, 2.45) is 0 Å². The van der Waals surface area contributed by atoms with Gasteiger partial charge in [-0.25, -0.2) is 0 Å². The van der Waals surface area contributed by atoms with E-state index in [4.69, 9.17) is 14.2 Å². The van der Waals surface area contributed by atoms with Gasteiger partial charge < -0.3 is 14.2 Å². The summed E-state index contributed by atoms with van der Waals surface area (Å²) < 4.78 is 17.0. The van der Waals surface area contributed by atoms with E-state index in [0.29, 0.717) is 19.3 Å². The van der Waals surface area contributed by atoms with Gasteiger partial charge in [0, 0.05) is 19.3 Å². The third-order valence-electron chi connectivity index (χ3n) is 17.9. The van der Waals surface area contributed by atoms with Gasteiger partial charge in [-0.15, -0.1) is 0 Å². The van der Waals surface area contributed by atoms with Crippen LogP contribution in [-0.4, -0.2) is 37.2 Å². The summed E-state index contributed by atoms with van der Waals surface area (Å²) in [4.78, 5) is 38.5. The van der Waals surface area contributed by atoms with Crippen LogP contribution in [0.15, 0.2) is 0 Å². The quantitative estimate of drug-likeness (QED) is 0.0343. The lowest BCUT2D eigenvalue weighted by Crippen LogP contribution is -2.30. The van der Waals surface area contributed by atoms with E-state index in [1.165, 1.54) is 353 Å². The van der Waals surface area contributed by atoms with Crippen LogP contribution in [0.5, 0.6) is 0 Å². The summed E-state index contributed by atoms with van der Waals surface area (Å²) >= 11 is 0. The zero-order valence-electron chi connectivity index (χ0n) is 56.3. The van der Waals surface area contributed by atoms with Gasteiger partial charge in [-0.2, -0.15) is 0 Å². The predicted octanol–water partition coefficient (Wildman–Crippen LogP) is 26.2. The zero-order chi connectivity index (χ0) is 59.2. The maximum Gasteiger partial charge on any atom is 0.306 e. The van der Waals surface area contributed by atoms with Gasteiger partial charge in [-0.3, -0.25) is 14.4 Å². The van der Waals surface area contributed by atoms with Crippen molar-refractivity contribution in [2.45, 2.75) is 457 Å². The van der Waals surface area contributed by atoms with Crippen LogP contribution in [0.4, 0.5) is 0 Å². The number of ether oxygens (including phenoxy) is 3. The van der Waals surface area contributed by atoms with Gasteiger partial charge in [-0.1, -0.05) is 412 Å². The second kappa shape index (κ2) is 71.9. The lowest BCUT2D eigenvalue weighted by atomic mass is 10.0. The number of hydrogen-bond donors (Lipinski definition) is 0. The molecule has 0 aliphatic carbocycles. The van der Waals surface area contributed by atoms with E-state index >= 15 is 0 Å². The molecule has 1 unspecified atom stereocenters. The van der Waals surface area contributed by atoms with Crippen molar-refractivity contribution in [3.63, 3.8) is 0 Å². The van der Waals surface area contributed by atoms with Crippen LogP contribution in [0.1, 0.15) is 451 Å². The minimum Gasteiger partial charge on any atom is -0.462 e. The minimum absolute atomic E-state index is 0.0600. The highest BCUT2D eigenvalue weighted by molar-refractivity contribution is 5.71. The summed E-state index contributed by atoms with van der Waals surface area (Å²) in [5.74, 6) is -0.816. The first-order valence-corrected chi connectivity index (χ1v) is 38.0. The number of carbonyl (C=O) groups excluding carboxylic acids is 3. The van der Waals surface area contributed by atoms with Crippen molar-refractivity contribution < 1.29 is 28.6 Å². The molecule has 0 spiro atoms. The van der Waals surface area contributed by atoms with Crippen LogP contribution in [0.25, 0.3) is 0 Å². The maximum absolute atomic E-state index is 13.0. The van der Waals surface area contributed by atoms with Gasteiger partial charge in [0.05, 0.1) is 0 Å². The van der Waals surface area contributed by atoms with Crippen LogP contribution in [-0.2, 0) is 28.6 Å². The standard InChI is InChI=1S/C76H148O6/c1-4-7-10-13-16-19-22-25-28-30-32-34-35-36-37-38-39-40-41-42-43-45-46-48-51-54-57-60-63-66-69-75(78)81-72-73(71-80-74(77)68-65-62-59-56-53-50-27-24-21-18-15-12-9-6-3)82-76(79)70-67-64-61-58-55-52-49-47-44-33-31-29-26-23-20-17-14-11-8-5-2/h73H,4-72H2,1-3H3. The number of hydrogen-bond acceptors (Lipinski definition) is 6. The summed E-state index contributed by atoms with van der Waals surface area (Å²) in [6.07, 6.45) is 85.9. The van der Waals surface area contributed by atoms with Crippen LogP contribution < -0.4 is 0 Å². The Hall–Kier alpha value is -1.59. The molecular weight excluding hydrogens is 1010 g/mol. The van der Waals surface area contributed by atoms with Crippen molar-refractivity contribution in [2.75, 3.05) is 13.2 Å². The molecule has 0 N–H and O–H groups in total. The van der Waals surface area contributed by atoms with E-state index in [2.05, 4.69) is 20.8 Å². The first kappa shape index (κ1) is 80.4. The van der Waals surface area contributed by atoms with Gasteiger partial charge in [0.2, 0.25) is 0 Å². The Morgan fingerprint density at radius 3 is 0.488 bits per heavy atom. The fourth-order valence-corrected chi connectivity index (χ4v) is 12.2. The zero-order valence-corrected chi connectivity index (χ0v) is 56.3. The molecule has 0 bridgehead atoms. The molecule has 0 saturated carbocycles. The van der Waals surface area contributed by atoms with Crippen LogP contribution >= 0.6 is 0 Å². The van der Waals surface area contributed by atoms with Gasteiger partial charge in [0.1, 0.15) is 13.2 Å². The fourth-order valence-electron chi connectivity index (χ4n) is 12.2. The lowest BCUT2D eigenvalue weighted by molar-refractivity contribution is -0.167. The minimum atomic E-state index is -0.764. The molecule has 0 fully saturated rings. The fraction of sp³-hybridized carbons (Fsp3) is 0.961. The van der Waals surface area contributed by atoms with Crippen LogP contribution in [0.2, 0.25) is 0 Å². The molecule has 0 radical (unpaired) electrons.